The summed E-state index contributed by atoms with van der Waals surface area (Å²) in [5, 5.41) is 3.98. The summed E-state index contributed by atoms with van der Waals surface area (Å²) in [6.45, 7) is 3.57. The largest absolute Gasteiger partial charge is 0.455 e. The normalized spacial score (nSPS) is 19.8. The van der Waals surface area contributed by atoms with Crippen LogP contribution in [0, 0.1) is 0 Å². The van der Waals surface area contributed by atoms with Crippen molar-refractivity contribution in [1.29, 1.82) is 0 Å². The van der Waals surface area contributed by atoms with E-state index in [1.54, 1.807) is 18.2 Å². The summed E-state index contributed by atoms with van der Waals surface area (Å²) < 4.78 is 11.4. The number of benzene rings is 2. The van der Waals surface area contributed by atoms with Crippen molar-refractivity contribution >= 4 is 46.4 Å². The van der Waals surface area contributed by atoms with Gasteiger partial charge in [0.1, 0.15) is 5.56 Å². The summed E-state index contributed by atoms with van der Waals surface area (Å²) in [7, 11) is 0. The molecule has 2 aromatic carbocycles. The van der Waals surface area contributed by atoms with Gasteiger partial charge < -0.3 is 14.8 Å². The highest BCUT2D eigenvalue weighted by Gasteiger charge is 2.31. The topological polar surface area (TPSA) is 79.8 Å². The molecule has 0 bridgehead atoms. The summed E-state index contributed by atoms with van der Waals surface area (Å²) in [5.41, 5.74) is 4.20. The summed E-state index contributed by atoms with van der Waals surface area (Å²) in [6, 6.07) is 11.9. The minimum atomic E-state index is -0.322. The van der Waals surface area contributed by atoms with Gasteiger partial charge in [0.25, 0.3) is 5.91 Å². The molecule has 1 fully saturated rings. The Morgan fingerprint density at radius 3 is 2.77 bits per heavy atom. The van der Waals surface area contributed by atoms with Gasteiger partial charge in [0.2, 0.25) is 11.8 Å². The van der Waals surface area contributed by atoms with Crippen LogP contribution in [-0.2, 0) is 17.7 Å². The summed E-state index contributed by atoms with van der Waals surface area (Å²) in [6.07, 6.45) is 3.59. The first-order valence-corrected chi connectivity index (χ1v) is 12.3. The van der Waals surface area contributed by atoms with E-state index in [1.165, 1.54) is 22.2 Å². The molecule has 0 radical (unpaired) electrons. The van der Waals surface area contributed by atoms with Gasteiger partial charge in [-0.3, -0.25) is 14.6 Å². The average Bonchev–Trinajstić information content (AvgIpc) is 3.40. The van der Waals surface area contributed by atoms with Crippen molar-refractivity contribution in [2.24, 2.45) is 0 Å². The first-order chi connectivity index (χ1) is 17.1. The predicted molar refractivity (Wildman–Crippen MR) is 134 cm³/mol. The smallest absolute Gasteiger partial charge is 0.268 e. The van der Waals surface area contributed by atoms with Gasteiger partial charge in [-0.05, 0) is 48.2 Å². The second-order valence-electron chi connectivity index (χ2n) is 8.84. The van der Waals surface area contributed by atoms with Crippen LogP contribution in [0.1, 0.15) is 27.9 Å². The summed E-state index contributed by atoms with van der Waals surface area (Å²) in [5.74, 6) is 0.257. The number of nitrogens with zero attached hydrogens (tertiary/aromatic N) is 4. The van der Waals surface area contributed by atoms with Gasteiger partial charge in [0, 0.05) is 37.6 Å². The van der Waals surface area contributed by atoms with Crippen molar-refractivity contribution < 1.29 is 14.3 Å². The van der Waals surface area contributed by atoms with Gasteiger partial charge in [0.05, 0.1) is 22.3 Å². The molecular formula is C25H23Cl2N5O3. The fraction of sp³-hybridized carbons (Fsp3) is 0.320. The number of ether oxygens (including phenoxy) is 2. The second-order valence-corrected chi connectivity index (χ2v) is 9.65. The van der Waals surface area contributed by atoms with Crippen LogP contribution >= 0.6 is 23.2 Å². The van der Waals surface area contributed by atoms with Gasteiger partial charge >= 0.3 is 0 Å². The first-order valence-electron chi connectivity index (χ1n) is 11.5. The number of halogens is 2. The number of amides is 1. The standard InChI is InChI=1S/C25H23Cl2N5O3/c26-20-2-1-3-21(27)22(20)32-14-35-23-19(24(32)33)11-28-25(30-23)29-17-5-4-15-6-8-31(12-16(15)10-17)18-7-9-34-13-18/h1-5,10-11,18H,6-9,12-14H2,(H,28,29,30). The van der Waals surface area contributed by atoms with E-state index in [2.05, 4.69) is 32.3 Å². The molecule has 1 unspecified atom stereocenters. The maximum absolute atomic E-state index is 13.1. The number of hydrogen-bond acceptors (Lipinski definition) is 7. The van der Waals surface area contributed by atoms with Gasteiger partial charge in [-0.25, -0.2) is 4.98 Å². The van der Waals surface area contributed by atoms with E-state index < -0.39 is 0 Å². The zero-order chi connectivity index (χ0) is 23.9. The highest BCUT2D eigenvalue weighted by molar-refractivity contribution is 6.40. The number of rotatable bonds is 4. The number of hydrogen-bond donors (Lipinski definition) is 1. The lowest BCUT2D eigenvalue weighted by Crippen LogP contribution is -2.39. The minimum Gasteiger partial charge on any atom is -0.455 e. The van der Waals surface area contributed by atoms with Crippen LogP contribution < -0.4 is 15.0 Å². The fourth-order valence-corrected chi connectivity index (χ4v) is 5.43. The molecule has 3 aliphatic heterocycles. The van der Waals surface area contributed by atoms with Crippen LogP contribution in [0.5, 0.6) is 5.88 Å². The summed E-state index contributed by atoms with van der Waals surface area (Å²) >= 11 is 12.6. The second kappa shape index (κ2) is 9.28. The Morgan fingerprint density at radius 2 is 1.97 bits per heavy atom. The maximum atomic E-state index is 13.1. The Morgan fingerprint density at radius 1 is 1.11 bits per heavy atom. The number of carbonyl (C=O) groups excluding carboxylic acids is 1. The maximum Gasteiger partial charge on any atom is 0.268 e. The molecule has 6 rings (SSSR count). The lowest BCUT2D eigenvalue weighted by molar-refractivity contribution is 0.0932. The van der Waals surface area contributed by atoms with Crippen molar-refractivity contribution in [3.63, 3.8) is 0 Å². The van der Waals surface area contributed by atoms with Gasteiger partial charge in [0.15, 0.2) is 6.73 Å². The quantitative estimate of drug-likeness (QED) is 0.544. The molecule has 35 heavy (non-hydrogen) atoms. The van der Waals surface area contributed by atoms with E-state index in [0.717, 1.165) is 44.8 Å². The zero-order valence-electron chi connectivity index (χ0n) is 18.8. The van der Waals surface area contributed by atoms with Crippen molar-refractivity contribution in [3.8, 4) is 5.88 Å². The van der Waals surface area contributed by atoms with E-state index in [-0.39, 0.29) is 24.1 Å². The van der Waals surface area contributed by atoms with Crippen molar-refractivity contribution in [2.45, 2.75) is 25.4 Å². The highest BCUT2D eigenvalue weighted by atomic mass is 35.5. The molecule has 0 aliphatic carbocycles. The highest BCUT2D eigenvalue weighted by Crippen LogP contribution is 2.37. The van der Waals surface area contributed by atoms with E-state index >= 15 is 0 Å². The van der Waals surface area contributed by atoms with E-state index in [4.69, 9.17) is 32.7 Å². The molecule has 10 heteroatoms. The number of carbonyl (C=O) groups is 1. The van der Waals surface area contributed by atoms with E-state index in [0.29, 0.717) is 27.7 Å². The number of aromatic nitrogens is 2. The van der Waals surface area contributed by atoms with Crippen LogP contribution in [0.4, 0.5) is 17.3 Å². The Labute approximate surface area is 212 Å². The first kappa shape index (κ1) is 22.5. The van der Waals surface area contributed by atoms with Crippen LogP contribution in [0.15, 0.2) is 42.6 Å². The SMILES string of the molecule is O=C1c2cnc(Nc3ccc4c(c3)CN(C3CCOC3)CC4)nc2OCN1c1c(Cl)cccc1Cl. The minimum absolute atomic E-state index is 0.0503. The van der Waals surface area contributed by atoms with Crippen molar-refractivity contribution in [1.82, 2.24) is 14.9 Å². The fourth-order valence-electron chi connectivity index (χ4n) is 4.83. The third-order valence-electron chi connectivity index (χ3n) is 6.69. The predicted octanol–water partition coefficient (Wildman–Crippen LogP) is 4.67. The molecule has 1 aromatic heterocycles. The number of fused-ring (bicyclic) bond motifs is 2. The van der Waals surface area contributed by atoms with Crippen LogP contribution in [0.25, 0.3) is 0 Å². The van der Waals surface area contributed by atoms with Gasteiger partial charge in [-0.2, -0.15) is 4.98 Å². The van der Waals surface area contributed by atoms with Gasteiger partial charge in [-0.15, -0.1) is 0 Å². The average molecular weight is 512 g/mol. The molecule has 0 saturated carbocycles. The molecule has 8 nitrogen and oxygen atoms in total. The number of anilines is 3. The molecule has 3 aliphatic rings. The molecule has 1 amide bonds. The molecule has 180 valence electrons. The summed E-state index contributed by atoms with van der Waals surface area (Å²) in [4.78, 5) is 25.8. The van der Waals surface area contributed by atoms with Crippen LogP contribution in [0.3, 0.4) is 0 Å². The lowest BCUT2D eigenvalue weighted by Gasteiger charge is -2.33. The molecule has 1 N–H and O–H groups in total. The third-order valence-corrected chi connectivity index (χ3v) is 7.30. The monoisotopic (exact) mass is 511 g/mol. The Hall–Kier alpha value is -2.91. The van der Waals surface area contributed by atoms with Crippen molar-refractivity contribution in [2.75, 3.05) is 36.7 Å². The number of nitrogens with one attached hydrogen (secondary N) is 1. The molecular weight excluding hydrogens is 489 g/mol. The third kappa shape index (κ3) is 4.31. The van der Waals surface area contributed by atoms with E-state index in [1.807, 2.05) is 6.07 Å². The molecule has 3 aromatic rings. The molecule has 1 atom stereocenters. The van der Waals surface area contributed by atoms with Crippen LogP contribution in [-0.4, -0.2) is 53.3 Å². The lowest BCUT2D eigenvalue weighted by atomic mass is 9.97. The van der Waals surface area contributed by atoms with E-state index in [9.17, 15) is 4.79 Å². The Balaban J connectivity index is 1.20. The Bertz CT molecular complexity index is 1280. The number of para-hydroxylation sites is 1. The van der Waals surface area contributed by atoms with Gasteiger partial charge in [-0.1, -0.05) is 35.3 Å². The Kier molecular flexibility index (Phi) is 5.98. The molecule has 4 heterocycles. The van der Waals surface area contributed by atoms with Crippen LogP contribution in [0.2, 0.25) is 10.0 Å². The molecule has 1 saturated heterocycles. The molecule has 0 spiro atoms. The zero-order valence-corrected chi connectivity index (χ0v) is 20.3. The van der Waals surface area contributed by atoms with Crippen molar-refractivity contribution in [3.05, 3.63) is 69.3 Å².